The summed E-state index contributed by atoms with van der Waals surface area (Å²) in [6.45, 7) is -0.803. The first kappa shape index (κ1) is 27.5. The smallest absolute Gasteiger partial charge is 0.229 e. The Kier molecular flexibility index (Phi) is 7.65. The van der Waals surface area contributed by atoms with Crippen molar-refractivity contribution in [1.82, 2.24) is 0 Å². The first-order valence-corrected chi connectivity index (χ1v) is 12.0. The average molecular weight is 552 g/mol. The third-order valence-electron chi connectivity index (χ3n) is 6.72. The van der Waals surface area contributed by atoms with Gasteiger partial charge in [-0.3, -0.25) is 4.79 Å². The number of phenols is 1. The average Bonchev–Trinajstić information content (AvgIpc) is 2.92. The van der Waals surface area contributed by atoms with Gasteiger partial charge in [0.2, 0.25) is 11.7 Å². The second-order valence-electron chi connectivity index (χ2n) is 9.33. The van der Waals surface area contributed by atoms with E-state index in [9.17, 15) is 40.5 Å². The Morgan fingerprint density at radius 2 is 1.64 bits per heavy atom. The lowest BCUT2D eigenvalue weighted by molar-refractivity contribution is -0.307. The second-order valence-corrected chi connectivity index (χ2v) is 9.33. The standard InChI is InChI=1S/C25H28O14/c1-34-10-5-14-17(18(28)11-4-9(26)2-3-13(11)37-14)15(6-10)38-25-23(33)21(31)20(30)16(39-25)8-36-24-22(32)19(29)12(27)7-35-24/h2-6,12,16,19-27,29-33H,7-8H2,1H3/t12-,16-,19+,20-,21+,22-,23-,24+,25-/m1/s1. The molecule has 0 amide bonds. The molecule has 0 saturated carbocycles. The Hall–Kier alpha value is -3.05. The SMILES string of the molecule is COc1cc(O[C@@H]2O[C@H](CO[C@@H]3OC[C@@H](O)[C@H](O)[C@H]3O)[C@@H](O)[C@H](O)[C@H]2O)c2c(=O)c3cc(O)ccc3oc2c1. The lowest BCUT2D eigenvalue weighted by Crippen LogP contribution is -2.61. The van der Waals surface area contributed by atoms with Gasteiger partial charge in [-0.25, -0.2) is 0 Å². The minimum atomic E-state index is -1.78. The maximum atomic E-state index is 13.3. The van der Waals surface area contributed by atoms with Gasteiger partial charge in [0.15, 0.2) is 6.29 Å². The quantitative estimate of drug-likeness (QED) is 0.170. The molecule has 14 nitrogen and oxygen atoms in total. The molecule has 0 spiro atoms. The summed E-state index contributed by atoms with van der Waals surface area (Å²) in [5.74, 6) is -0.0715. The lowest BCUT2D eigenvalue weighted by Gasteiger charge is -2.41. The van der Waals surface area contributed by atoms with Gasteiger partial charge < -0.3 is 63.8 Å². The molecule has 2 fully saturated rings. The number of phenolic OH excluding ortho intramolecular Hbond substituents is 1. The van der Waals surface area contributed by atoms with Crippen molar-refractivity contribution in [3.63, 3.8) is 0 Å². The van der Waals surface area contributed by atoms with Crippen molar-refractivity contribution in [3.05, 3.63) is 40.6 Å². The van der Waals surface area contributed by atoms with Crippen molar-refractivity contribution in [2.75, 3.05) is 20.3 Å². The van der Waals surface area contributed by atoms with E-state index in [1.807, 2.05) is 0 Å². The number of aliphatic hydroxyl groups is 6. The summed E-state index contributed by atoms with van der Waals surface area (Å²) in [7, 11) is 1.37. The van der Waals surface area contributed by atoms with E-state index in [2.05, 4.69) is 0 Å². The molecule has 2 aromatic carbocycles. The van der Waals surface area contributed by atoms with Crippen molar-refractivity contribution in [2.45, 2.75) is 55.3 Å². The van der Waals surface area contributed by atoms with Crippen LogP contribution in [0.2, 0.25) is 0 Å². The summed E-state index contributed by atoms with van der Waals surface area (Å²) < 4.78 is 33.1. The molecule has 14 heteroatoms. The number of hydrogen-bond acceptors (Lipinski definition) is 14. The Balaban J connectivity index is 1.43. The van der Waals surface area contributed by atoms with Crippen LogP contribution in [-0.2, 0) is 14.2 Å². The second kappa shape index (κ2) is 10.8. The molecule has 0 bridgehead atoms. The van der Waals surface area contributed by atoms with Crippen LogP contribution >= 0.6 is 0 Å². The number of aromatic hydroxyl groups is 1. The zero-order valence-electron chi connectivity index (χ0n) is 20.5. The highest BCUT2D eigenvalue weighted by Gasteiger charge is 2.46. The molecule has 212 valence electrons. The highest BCUT2D eigenvalue weighted by Crippen LogP contribution is 2.34. The van der Waals surface area contributed by atoms with Gasteiger partial charge in [-0.15, -0.1) is 0 Å². The highest BCUT2D eigenvalue weighted by atomic mass is 16.7. The van der Waals surface area contributed by atoms with Crippen LogP contribution in [-0.4, -0.2) is 111 Å². The Morgan fingerprint density at radius 3 is 2.38 bits per heavy atom. The number of ether oxygens (including phenoxy) is 5. The van der Waals surface area contributed by atoms with E-state index in [0.29, 0.717) is 0 Å². The summed E-state index contributed by atoms with van der Waals surface area (Å²) in [6, 6.07) is 6.80. The molecule has 2 saturated heterocycles. The molecule has 0 unspecified atom stereocenters. The number of benzene rings is 2. The van der Waals surface area contributed by atoms with Crippen LogP contribution in [0.4, 0.5) is 0 Å². The van der Waals surface area contributed by atoms with Crippen molar-refractivity contribution < 1.29 is 63.8 Å². The predicted octanol–water partition coefficient (Wildman–Crippen LogP) is -1.70. The molecule has 5 rings (SSSR count). The van der Waals surface area contributed by atoms with Crippen LogP contribution in [0.15, 0.2) is 39.5 Å². The van der Waals surface area contributed by atoms with Crippen molar-refractivity contribution >= 4 is 21.9 Å². The van der Waals surface area contributed by atoms with Gasteiger partial charge in [0.1, 0.15) is 76.5 Å². The predicted molar refractivity (Wildman–Crippen MR) is 129 cm³/mol. The maximum absolute atomic E-state index is 13.3. The van der Waals surface area contributed by atoms with Gasteiger partial charge in [0.25, 0.3) is 0 Å². The van der Waals surface area contributed by atoms with Crippen LogP contribution in [0.1, 0.15) is 0 Å². The molecule has 3 heterocycles. The van der Waals surface area contributed by atoms with Gasteiger partial charge in [0.05, 0.1) is 25.7 Å². The topological polar surface area (TPSA) is 218 Å². The third kappa shape index (κ3) is 5.14. The van der Waals surface area contributed by atoms with Gasteiger partial charge in [-0.1, -0.05) is 0 Å². The van der Waals surface area contributed by atoms with Gasteiger partial charge >= 0.3 is 0 Å². The van der Waals surface area contributed by atoms with Crippen LogP contribution < -0.4 is 14.9 Å². The fourth-order valence-electron chi connectivity index (χ4n) is 4.51. The van der Waals surface area contributed by atoms with E-state index in [4.69, 9.17) is 28.1 Å². The van der Waals surface area contributed by atoms with E-state index in [1.54, 1.807) is 0 Å². The van der Waals surface area contributed by atoms with Crippen LogP contribution in [0.5, 0.6) is 17.2 Å². The fraction of sp³-hybridized carbons (Fsp3) is 0.480. The van der Waals surface area contributed by atoms with Gasteiger partial charge in [-0.05, 0) is 18.2 Å². The summed E-state index contributed by atoms with van der Waals surface area (Å²) in [6.07, 6.45) is -14.0. The van der Waals surface area contributed by atoms with E-state index >= 15 is 0 Å². The Bertz CT molecular complexity index is 1390. The first-order valence-electron chi connectivity index (χ1n) is 12.0. The number of aliphatic hydroxyl groups excluding tert-OH is 6. The minimum Gasteiger partial charge on any atom is -0.508 e. The molecule has 2 aliphatic heterocycles. The van der Waals surface area contributed by atoms with Crippen molar-refractivity contribution in [2.24, 2.45) is 0 Å². The Labute approximate surface area is 219 Å². The highest BCUT2D eigenvalue weighted by molar-refractivity contribution is 5.94. The molecular weight excluding hydrogens is 524 g/mol. The fourth-order valence-corrected chi connectivity index (χ4v) is 4.51. The molecular formula is C25H28O14. The number of rotatable bonds is 6. The molecule has 2 aliphatic rings. The largest absolute Gasteiger partial charge is 0.508 e. The van der Waals surface area contributed by atoms with E-state index in [1.165, 1.54) is 37.4 Å². The van der Waals surface area contributed by atoms with Crippen molar-refractivity contribution in [1.29, 1.82) is 0 Å². The molecule has 39 heavy (non-hydrogen) atoms. The minimum absolute atomic E-state index is 0.0581. The summed E-state index contributed by atoms with van der Waals surface area (Å²) >= 11 is 0. The van der Waals surface area contributed by atoms with Gasteiger partial charge in [-0.2, -0.15) is 0 Å². The molecule has 1 aromatic heterocycles. The normalized spacial score (nSPS) is 33.4. The third-order valence-corrected chi connectivity index (χ3v) is 6.72. The first-order chi connectivity index (χ1) is 18.6. The number of fused-ring (bicyclic) bond motifs is 2. The number of hydrogen-bond donors (Lipinski definition) is 7. The summed E-state index contributed by atoms with van der Waals surface area (Å²) in [4.78, 5) is 13.3. The maximum Gasteiger partial charge on any atom is 0.229 e. The number of methoxy groups -OCH3 is 1. The molecule has 0 aliphatic carbocycles. The monoisotopic (exact) mass is 552 g/mol. The summed E-state index contributed by atoms with van der Waals surface area (Å²) in [5, 5.41) is 70.8. The zero-order chi connectivity index (χ0) is 28.0. The van der Waals surface area contributed by atoms with Crippen LogP contribution in [0.25, 0.3) is 21.9 Å². The van der Waals surface area contributed by atoms with Crippen molar-refractivity contribution in [3.8, 4) is 17.2 Å². The zero-order valence-corrected chi connectivity index (χ0v) is 20.5. The van der Waals surface area contributed by atoms with Crippen LogP contribution in [0.3, 0.4) is 0 Å². The van der Waals surface area contributed by atoms with Crippen LogP contribution in [0, 0.1) is 0 Å². The molecule has 9 atom stereocenters. The van der Waals surface area contributed by atoms with E-state index in [-0.39, 0.29) is 45.8 Å². The van der Waals surface area contributed by atoms with Gasteiger partial charge in [0, 0.05) is 12.1 Å². The van der Waals surface area contributed by atoms with E-state index in [0.717, 1.165) is 0 Å². The molecule has 0 radical (unpaired) electrons. The lowest BCUT2D eigenvalue weighted by atomic mass is 9.99. The van der Waals surface area contributed by atoms with E-state index < -0.39 is 67.3 Å². The molecule has 7 N–H and O–H groups in total. The summed E-state index contributed by atoms with van der Waals surface area (Å²) in [5.41, 5.74) is -0.295. The molecule has 3 aromatic rings. The Morgan fingerprint density at radius 1 is 0.897 bits per heavy atom.